The number of hydrogen-bond acceptors (Lipinski definition) is 5. The molecule has 0 bridgehead atoms. The summed E-state index contributed by atoms with van der Waals surface area (Å²) in [4.78, 5) is 16.8. The lowest BCUT2D eigenvalue weighted by Crippen LogP contribution is -2.19. The minimum Gasteiger partial charge on any atom is -0.258 e. The molecule has 1 aromatic heterocycles. The number of nitro benzene ring substituents is 1. The Morgan fingerprint density at radius 3 is 2.60 bits per heavy atom. The first-order chi connectivity index (χ1) is 14.6. The maximum Gasteiger partial charge on any atom is 0.278 e. The van der Waals surface area contributed by atoms with E-state index in [0.29, 0.717) is 11.6 Å². The highest BCUT2D eigenvalue weighted by atomic mass is 79.9. The van der Waals surface area contributed by atoms with Crippen molar-refractivity contribution in [3.63, 3.8) is 0 Å². The van der Waals surface area contributed by atoms with Gasteiger partial charge in [-0.05, 0) is 25.0 Å². The second kappa shape index (κ2) is 9.49. The predicted molar refractivity (Wildman–Crippen MR) is 124 cm³/mol. The summed E-state index contributed by atoms with van der Waals surface area (Å²) >= 11 is 5.17. The fraction of sp³-hybridized carbons (Fsp3) is 0.273. The molecule has 1 aliphatic carbocycles. The van der Waals surface area contributed by atoms with Crippen LogP contribution >= 0.6 is 27.3 Å². The third-order valence-corrected chi connectivity index (χ3v) is 6.67. The Balaban J connectivity index is 1.82. The zero-order valence-electron chi connectivity index (χ0n) is 16.3. The Hall–Kier alpha value is -2.58. The van der Waals surface area contributed by atoms with Crippen LogP contribution in [0.2, 0.25) is 0 Å². The summed E-state index contributed by atoms with van der Waals surface area (Å²) in [5, 5.41) is 18.0. The van der Waals surface area contributed by atoms with E-state index in [2.05, 4.69) is 21.0 Å². The summed E-state index contributed by atoms with van der Waals surface area (Å²) in [7, 11) is 0. The summed E-state index contributed by atoms with van der Waals surface area (Å²) in [5.41, 5.74) is 2.39. The van der Waals surface area contributed by atoms with Crippen LogP contribution in [0, 0.1) is 10.1 Å². The smallest absolute Gasteiger partial charge is 0.258 e. The minimum atomic E-state index is -0.387. The first kappa shape index (κ1) is 20.7. The molecule has 154 valence electrons. The average Bonchev–Trinajstić information content (AvgIpc) is 3.15. The number of aromatic nitrogens is 1. The van der Waals surface area contributed by atoms with Crippen molar-refractivity contribution in [1.82, 2.24) is 4.68 Å². The highest BCUT2D eigenvalue weighted by Crippen LogP contribution is 2.29. The van der Waals surface area contributed by atoms with Crippen molar-refractivity contribution in [2.45, 2.75) is 38.1 Å². The lowest BCUT2D eigenvalue weighted by Gasteiger charge is -2.16. The Morgan fingerprint density at radius 2 is 1.83 bits per heavy atom. The van der Waals surface area contributed by atoms with Crippen molar-refractivity contribution in [1.29, 1.82) is 0 Å². The molecule has 6 nitrogen and oxygen atoms in total. The fourth-order valence-electron chi connectivity index (χ4n) is 3.60. The standard InChI is InChI=1S/C22H21BrN4O2S/c23-19-12-6-5-11-18(19)21-15-30-22(25-17-9-2-1-3-10-17)26(21)24-14-16-8-4-7-13-20(16)27(28)29/h4-8,11-15,17H,1-3,9-10H2. The van der Waals surface area contributed by atoms with E-state index in [1.165, 1.54) is 25.3 Å². The van der Waals surface area contributed by atoms with Gasteiger partial charge in [-0.1, -0.05) is 65.5 Å². The molecule has 1 fully saturated rings. The van der Waals surface area contributed by atoms with Gasteiger partial charge in [0.2, 0.25) is 4.80 Å². The molecular formula is C22H21BrN4O2S. The zero-order valence-corrected chi connectivity index (χ0v) is 18.7. The highest BCUT2D eigenvalue weighted by Gasteiger charge is 2.15. The Labute approximate surface area is 186 Å². The number of thiazole rings is 1. The Morgan fingerprint density at radius 1 is 1.10 bits per heavy atom. The second-order valence-corrected chi connectivity index (χ2v) is 8.87. The van der Waals surface area contributed by atoms with Crippen LogP contribution in [0.5, 0.6) is 0 Å². The third-order valence-electron chi connectivity index (χ3n) is 5.15. The second-order valence-electron chi connectivity index (χ2n) is 7.18. The molecule has 30 heavy (non-hydrogen) atoms. The molecule has 0 unspecified atom stereocenters. The van der Waals surface area contributed by atoms with Crippen LogP contribution in [0.1, 0.15) is 37.7 Å². The number of para-hydroxylation sites is 1. The SMILES string of the molecule is O=[N+]([O-])c1ccccc1C=Nn1c(-c2ccccc2Br)csc1=NC1CCCCC1. The van der Waals surface area contributed by atoms with E-state index in [1.54, 1.807) is 40.4 Å². The Kier molecular flexibility index (Phi) is 6.54. The molecule has 1 aliphatic rings. The molecule has 1 saturated carbocycles. The largest absolute Gasteiger partial charge is 0.278 e. The van der Waals surface area contributed by atoms with Gasteiger partial charge >= 0.3 is 0 Å². The molecule has 0 spiro atoms. The zero-order chi connectivity index (χ0) is 20.9. The topological polar surface area (TPSA) is 72.8 Å². The first-order valence-corrected chi connectivity index (χ1v) is 11.6. The lowest BCUT2D eigenvalue weighted by atomic mass is 9.96. The van der Waals surface area contributed by atoms with Gasteiger partial charge in [-0.15, -0.1) is 11.3 Å². The van der Waals surface area contributed by atoms with Gasteiger partial charge in [0.05, 0.1) is 28.4 Å². The molecule has 3 aromatic rings. The van der Waals surface area contributed by atoms with E-state index in [0.717, 1.165) is 33.4 Å². The van der Waals surface area contributed by atoms with Gasteiger partial charge in [0, 0.05) is 21.5 Å². The Bertz CT molecular complexity index is 1150. The van der Waals surface area contributed by atoms with E-state index < -0.39 is 0 Å². The number of hydrogen-bond donors (Lipinski definition) is 0. The van der Waals surface area contributed by atoms with Crippen LogP contribution in [0.4, 0.5) is 5.69 Å². The number of benzene rings is 2. The van der Waals surface area contributed by atoms with Crippen LogP contribution in [0.25, 0.3) is 11.3 Å². The molecule has 4 rings (SSSR count). The number of nitrogens with zero attached hydrogens (tertiary/aromatic N) is 4. The first-order valence-electron chi connectivity index (χ1n) is 9.90. The van der Waals surface area contributed by atoms with Crippen molar-refractivity contribution in [3.8, 4) is 11.3 Å². The van der Waals surface area contributed by atoms with Gasteiger partial charge in [-0.3, -0.25) is 15.1 Å². The van der Waals surface area contributed by atoms with Crippen molar-refractivity contribution in [3.05, 3.63) is 78.9 Å². The highest BCUT2D eigenvalue weighted by molar-refractivity contribution is 9.10. The molecule has 0 atom stereocenters. The summed E-state index contributed by atoms with van der Waals surface area (Å²) in [5.74, 6) is 0. The van der Waals surface area contributed by atoms with Crippen molar-refractivity contribution in [2.75, 3.05) is 0 Å². The van der Waals surface area contributed by atoms with Crippen LogP contribution in [-0.2, 0) is 0 Å². The van der Waals surface area contributed by atoms with Gasteiger partial charge in [-0.25, -0.2) is 4.68 Å². The van der Waals surface area contributed by atoms with Crippen molar-refractivity contribution >= 4 is 39.2 Å². The van der Waals surface area contributed by atoms with Crippen LogP contribution in [0.3, 0.4) is 0 Å². The number of nitro groups is 1. The fourth-order valence-corrected chi connectivity index (χ4v) is 4.99. The quantitative estimate of drug-likeness (QED) is 0.253. The van der Waals surface area contributed by atoms with Gasteiger partial charge in [0.1, 0.15) is 0 Å². The third kappa shape index (κ3) is 4.60. The maximum atomic E-state index is 11.4. The number of rotatable bonds is 5. The molecule has 0 radical (unpaired) electrons. The van der Waals surface area contributed by atoms with Crippen molar-refractivity contribution in [2.24, 2.45) is 10.1 Å². The van der Waals surface area contributed by atoms with Gasteiger partial charge in [0.25, 0.3) is 5.69 Å². The summed E-state index contributed by atoms with van der Waals surface area (Å²) < 4.78 is 2.76. The molecule has 1 heterocycles. The van der Waals surface area contributed by atoms with Crippen LogP contribution in [0.15, 0.2) is 68.5 Å². The summed E-state index contributed by atoms with van der Waals surface area (Å²) in [6.07, 6.45) is 7.41. The van der Waals surface area contributed by atoms with Crippen LogP contribution < -0.4 is 4.80 Å². The van der Waals surface area contributed by atoms with E-state index in [-0.39, 0.29) is 10.6 Å². The van der Waals surface area contributed by atoms with E-state index in [4.69, 9.17) is 4.99 Å². The van der Waals surface area contributed by atoms with E-state index in [9.17, 15) is 10.1 Å². The van der Waals surface area contributed by atoms with Crippen LogP contribution in [-0.4, -0.2) is 21.9 Å². The normalized spacial score (nSPS) is 15.7. The molecule has 8 heteroatoms. The maximum absolute atomic E-state index is 11.4. The monoisotopic (exact) mass is 484 g/mol. The minimum absolute atomic E-state index is 0.0327. The lowest BCUT2D eigenvalue weighted by molar-refractivity contribution is -0.385. The van der Waals surface area contributed by atoms with E-state index >= 15 is 0 Å². The molecule has 0 amide bonds. The predicted octanol–water partition coefficient (Wildman–Crippen LogP) is 6.00. The van der Waals surface area contributed by atoms with E-state index in [1.807, 2.05) is 29.6 Å². The number of halogens is 1. The molecular weight excluding hydrogens is 464 g/mol. The van der Waals surface area contributed by atoms with Crippen molar-refractivity contribution < 1.29 is 4.92 Å². The average molecular weight is 485 g/mol. The van der Waals surface area contributed by atoms with Gasteiger partial charge < -0.3 is 0 Å². The molecule has 2 aromatic carbocycles. The molecule has 0 aliphatic heterocycles. The molecule has 0 saturated heterocycles. The van der Waals surface area contributed by atoms with Gasteiger partial charge in [-0.2, -0.15) is 5.10 Å². The summed E-state index contributed by atoms with van der Waals surface area (Å²) in [6.45, 7) is 0. The molecule has 0 N–H and O–H groups in total. The van der Waals surface area contributed by atoms with Gasteiger partial charge in [0.15, 0.2) is 0 Å². The summed E-state index contributed by atoms with van der Waals surface area (Å²) in [6, 6.07) is 14.9.